The number of aromatic nitrogens is 1. The molecule has 1 aliphatic heterocycles. The fourth-order valence-electron chi connectivity index (χ4n) is 4.36. The van der Waals surface area contributed by atoms with Crippen LogP contribution in [0.1, 0.15) is 48.3 Å². The van der Waals surface area contributed by atoms with E-state index in [4.69, 9.17) is 23.9 Å². The number of fused-ring (bicyclic) bond motifs is 3. The Morgan fingerprint density at radius 3 is 2.29 bits per heavy atom. The Kier molecular flexibility index (Phi) is 5.11. The fraction of sp³-hybridized carbons (Fsp3) is 0.455. The van der Waals surface area contributed by atoms with Crippen molar-refractivity contribution in [2.24, 2.45) is 4.99 Å². The fourth-order valence-corrected chi connectivity index (χ4v) is 4.36. The lowest BCUT2D eigenvalue weighted by atomic mass is 9.75. The molecule has 2 aromatic rings. The van der Waals surface area contributed by atoms with Crippen LogP contribution in [0.5, 0.6) is 23.3 Å². The van der Waals surface area contributed by atoms with Gasteiger partial charge in [-0.3, -0.25) is 4.99 Å². The van der Waals surface area contributed by atoms with Crippen LogP contribution in [0.25, 0.3) is 0 Å². The number of ether oxygens (including phenoxy) is 4. The number of benzene rings is 1. The van der Waals surface area contributed by atoms with E-state index in [0.29, 0.717) is 23.4 Å². The summed E-state index contributed by atoms with van der Waals surface area (Å²) in [4.78, 5) is 9.63. The third-order valence-electron chi connectivity index (χ3n) is 5.73. The van der Waals surface area contributed by atoms with Crippen molar-refractivity contribution >= 4 is 5.71 Å². The summed E-state index contributed by atoms with van der Waals surface area (Å²) in [6.45, 7) is 0. The molecule has 1 aromatic heterocycles. The Bertz CT molecular complexity index is 910. The SMILES string of the molecule is COc1ccc(C2=NC3CCCCC3c3cc(OC)c(OC)cc32)c(OC)n1. The molecule has 2 heterocycles. The molecule has 28 heavy (non-hydrogen) atoms. The van der Waals surface area contributed by atoms with Crippen LogP contribution in [-0.4, -0.2) is 45.2 Å². The molecule has 1 aromatic carbocycles. The molecule has 0 saturated heterocycles. The molecule has 1 saturated carbocycles. The molecular weight excluding hydrogens is 356 g/mol. The van der Waals surface area contributed by atoms with Gasteiger partial charge in [-0.15, -0.1) is 0 Å². The van der Waals surface area contributed by atoms with Crippen molar-refractivity contribution in [3.05, 3.63) is 41.0 Å². The van der Waals surface area contributed by atoms with Gasteiger partial charge in [0.25, 0.3) is 0 Å². The third-order valence-corrected chi connectivity index (χ3v) is 5.73. The second-order valence-corrected chi connectivity index (χ2v) is 7.14. The number of aliphatic imine (C=N–C) groups is 1. The molecular formula is C22H26N2O4. The van der Waals surface area contributed by atoms with Crippen molar-refractivity contribution in [3.63, 3.8) is 0 Å². The van der Waals surface area contributed by atoms with Gasteiger partial charge in [-0.2, -0.15) is 4.98 Å². The lowest BCUT2D eigenvalue weighted by molar-refractivity contribution is 0.349. The zero-order valence-electron chi connectivity index (χ0n) is 16.8. The zero-order valence-corrected chi connectivity index (χ0v) is 16.8. The molecule has 1 fully saturated rings. The Morgan fingerprint density at radius 2 is 1.57 bits per heavy atom. The quantitative estimate of drug-likeness (QED) is 0.782. The molecule has 1 aliphatic carbocycles. The number of methoxy groups -OCH3 is 4. The summed E-state index contributed by atoms with van der Waals surface area (Å²) in [5.41, 5.74) is 4.09. The molecule has 6 nitrogen and oxygen atoms in total. The van der Waals surface area contributed by atoms with Crippen molar-refractivity contribution in [2.75, 3.05) is 28.4 Å². The van der Waals surface area contributed by atoms with Crippen molar-refractivity contribution in [1.29, 1.82) is 0 Å². The average Bonchev–Trinajstić information content (AvgIpc) is 2.77. The molecule has 2 atom stereocenters. The van der Waals surface area contributed by atoms with Crippen LogP contribution in [0, 0.1) is 0 Å². The van der Waals surface area contributed by atoms with E-state index >= 15 is 0 Å². The molecule has 4 rings (SSSR count). The topological polar surface area (TPSA) is 62.2 Å². The molecule has 0 spiro atoms. The van der Waals surface area contributed by atoms with Gasteiger partial charge in [0.1, 0.15) is 0 Å². The van der Waals surface area contributed by atoms with Gasteiger partial charge < -0.3 is 18.9 Å². The van der Waals surface area contributed by atoms with E-state index in [1.54, 1.807) is 28.4 Å². The van der Waals surface area contributed by atoms with Gasteiger partial charge in [0, 0.05) is 17.5 Å². The summed E-state index contributed by atoms with van der Waals surface area (Å²) in [5.74, 6) is 2.88. The number of hydrogen-bond acceptors (Lipinski definition) is 6. The van der Waals surface area contributed by atoms with E-state index in [-0.39, 0.29) is 6.04 Å². The van der Waals surface area contributed by atoms with E-state index in [1.165, 1.54) is 18.4 Å². The lowest BCUT2D eigenvalue weighted by Crippen LogP contribution is -2.29. The van der Waals surface area contributed by atoms with E-state index in [0.717, 1.165) is 35.4 Å². The number of pyridine rings is 1. The van der Waals surface area contributed by atoms with E-state index in [9.17, 15) is 0 Å². The highest BCUT2D eigenvalue weighted by atomic mass is 16.5. The minimum Gasteiger partial charge on any atom is -0.493 e. The first kappa shape index (κ1) is 18.6. The maximum absolute atomic E-state index is 5.58. The molecule has 6 heteroatoms. The van der Waals surface area contributed by atoms with Crippen LogP contribution in [0.15, 0.2) is 29.3 Å². The van der Waals surface area contributed by atoms with Crippen LogP contribution in [0.2, 0.25) is 0 Å². The lowest BCUT2D eigenvalue weighted by Gasteiger charge is -2.35. The van der Waals surface area contributed by atoms with Gasteiger partial charge in [-0.1, -0.05) is 12.8 Å². The summed E-state index contributed by atoms with van der Waals surface area (Å²) in [6.07, 6.45) is 4.67. The summed E-state index contributed by atoms with van der Waals surface area (Å²) in [7, 11) is 6.55. The van der Waals surface area contributed by atoms with E-state index in [2.05, 4.69) is 11.1 Å². The Labute approximate surface area is 165 Å². The van der Waals surface area contributed by atoms with Crippen molar-refractivity contribution in [1.82, 2.24) is 4.98 Å². The molecule has 0 N–H and O–H groups in total. The van der Waals surface area contributed by atoms with Crippen LogP contribution in [0.4, 0.5) is 0 Å². The summed E-state index contributed by atoms with van der Waals surface area (Å²) in [6, 6.07) is 8.22. The molecule has 2 aliphatic rings. The molecule has 148 valence electrons. The molecule has 0 amide bonds. The van der Waals surface area contributed by atoms with Gasteiger partial charge in [-0.25, -0.2) is 0 Å². The van der Waals surface area contributed by atoms with Crippen LogP contribution in [0.3, 0.4) is 0 Å². The Hall–Kier alpha value is -2.76. The van der Waals surface area contributed by atoms with Crippen molar-refractivity contribution < 1.29 is 18.9 Å². The normalized spacial score (nSPS) is 20.5. The summed E-state index contributed by atoms with van der Waals surface area (Å²) in [5, 5.41) is 0. The minimum atomic E-state index is 0.265. The van der Waals surface area contributed by atoms with Gasteiger partial charge in [0.05, 0.1) is 45.8 Å². The maximum Gasteiger partial charge on any atom is 0.226 e. The number of hydrogen-bond donors (Lipinski definition) is 0. The van der Waals surface area contributed by atoms with E-state index in [1.807, 2.05) is 18.2 Å². The predicted molar refractivity (Wildman–Crippen MR) is 108 cm³/mol. The van der Waals surface area contributed by atoms with Crippen LogP contribution >= 0.6 is 0 Å². The van der Waals surface area contributed by atoms with Gasteiger partial charge >= 0.3 is 0 Å². The molecule has 0 radical (unpaired) electrons. The molecule has 0 bridgehead atoms. The minimum absolute atomic E-state index is 0.265. The van der Waals surface area contributed by atoms with Crippen LogP contribution in [-0.2, 0) is 0 Å². The van der Waals surface area contributed by atoms with Gasteiger partial charge in [-0.05, 0) is 36.6 Å². The highest BCUT2D eigenvalue weighted by Crippen LogP contribution is 2.45. The largest absolute Gasteiger partial charge is 0.493 e. The Balaban J connectivity index is 1.92. The van der Waals surface area contributed by atoms with Crippen molar-refractivity contribution in [2.45, 2.75) is 37.6 Å². The Morgan fingerprint density at radius 1 is 0.821 bits per heavy atom. The predicted octanol–water partition coefficient (Wildman–Crippen LogP) is 3.99. The van der Waals surface area contributed by atoms with Crippen LogP contribution < -0.4 is 18.9 Å². The van der Waals surface area contributed by atoms with E-state index < -0.39 is 0 Å². The smallest absolute Gasteiger partial charge is 0.226 e. The first-order valence-corrected chi connectivity index (χ1v) is 9.63. The summed E-state index contributed by atoms with van der Waals surface area (Å²) >= 11 is 0. The standard InChI is InChI=1S/C22H26N2O4/c1-25-18-11-15-13-7-5-6-8-17(13)23-21(16(15)12-19(18)26-2)14-9-10-20(27-3)24-22(14)28-4/h9-13,17H,5-8H2,1-4H3. The average molecular weight is 382 g/mol. The third kappa shape index (κ3) is 3.07. The van der Waals surface area contributed by atoms with Gasteiger partial charge in [0.15, 0.2) is 11.5 Å². The van der Waals surface area contributed by atoms with Gasteiger partial charge in [0.2, 0.25) is 11.8 Å². The van der Waals surface area contributed by atoms with Crippen molar-refractivity contribution in [3.8, 4) is 23.3 Å². The highest BCUT2D eigenvalue weighted by Gasteiger charge is 2.35. The number of nitrogens with zero attached hydrogens (tertiary/aromatic N) is 2. The second kappa shape index (κ2) is 7.70. The first-order valence-electron chi connectivity index (χ1n) is 9.63. The first-order chi connectivity index (χ1) is 13.7. The highest BCUT2D eigenvalue weighted by molar-refractivity contribution is 6.16. The monoisotopic (exact) mass is 382 g/mol. The maximum atomic E-state index is 5.58. The number of rotatable bonds is 5. The molecule has 2 unspecified atom stereocenters. The zero-order chi connectivity index (χ0) is 19.7. The second-order valence-electron chi connectivity index (χ2n) is 7.14. The summed E-state index contributed by atoms with van der Waals surface area (Å²) < 4.78 is 22.0.